The highest BCUT2D eigenvalue weighted by Gasteiger charge is 2.15. The number of hydrogen-bond acceptors (Lipinski definition) is 3. The van der Waals surface area contributed by atoms with E-state index >= 15 is 0 Å². The molecule has 0 spiro atoms. The Morgan fingerprint density at radius 2 is 1.91 bits per heavy atom. The van der Waals surface area contributed by atoms with Gasteiger partial charge in [-0.2, -0.15) is 5.10 Å². The van der Waals surface area contributed by atoms with Gasteiger partial charge in [0.05, 0.1) is 11.4 Å². The lowest BCUT2D eigenvalue weighted by molar-refractivity contribution is 0.0941. The molecule has 0 radical (unpaired) electrons. The van der Waals surface area contributed by atoms with Crippen molar-refractivity contribution in [3.8, 4) is 5.69 Å². The molecule has 0 aliphatic carbocycles. The molecule has 5 nitrogen and oxygen atoms in total. The maximum absolute atomic E-state index is 12.4. The van der Waals surface area contributed by atoms with E-state index in [1.807, 2.05) is 43.3 Å². The fourth-order valence-electron chi connectivity index (χ4n) is 2.39. The molecular weight excluding hydrogens is 276 g/mol. The number of rotatable bonds is 7. The Balaban J connectivity index is 2.07. The lowest BCUT2D eigenvalue weighted by Crippen LogP contribution is -2.35. The average molecular weight is 300 g/mol. The van der Waals surface area contributed by atoms with E-state index in [-0.39, 0.29) is 5.91 Å². The van der Waals surface area contributed by atoms with E-state index in [1.54, 1.807) is 4.68 Å². The van der Waals surface area contributed by atoms with Gasteiger partial charge in [0.1, 0.15) is 5.69 Å². The van der Waals surface area contributed by atoms with Gasteiger partial charge < -0.3 is 10.2 Å². The molecule has 0 aliphatic heterocycles. The summed E-state index contributed by atoms with van der Waals surface area (Å²) in [4.78, 5) is 14.7. The number of amides is 1. The van der Waals surface area contributed by atoms with E-state index in [4.69, 9.17) is 0 Å². The Kier molecular flexibility index (Phi) is 5.72. The number of aromatic nitrogens is 2. The molecule has 2 rings (SSSR count). The molecule has 1 amide bonds. The molecule has 0 unspecified atom stereocenters. The van der Waals surface area contributed by atoms with Crippen molar-refractivity contribution in [2.75, 3.05) is 26.2 Å². The van der Waals surface area contributed by atoms with Crippen LogP contribution in [-0.2, 0) is 0 Å². The molecule has 0 fully saturated rings. The zero-order valence-corrected chi connectivity index (χ0v) is 13.5. The first-order valence-electron chi connectivity index (χ1n) is 7.78. The second kappa shape index (κ2) is 7.75. The molecule has 0 saturated heterocycles. The number of carbonyl (C=O) groups is 1. The first kappa shape index (κ1) is 16.2. The lowest BCUT2D eigenvalue weighted by atomic mass is 10.3. The Labute approximate surface area is 131 Å². The molecule has 0 bridgehead atoms. The van der Waals surface area contributed by atoms with Crippen LogP contribution in [0.5, 0.6) is 0 Å². The van der Waals surface area contributed by atoms with Crippen molar-refractivity contribution in [3.05, 3.63) is 47.8 Å². The van der Waals surface area contributed by atoms with Crippen LogP contribution < -0.4 is 5.32 Å². The molecule has 1 aromatic heterocycles. The summed E-state index contributed by atoms with van der Waals surface area (Å²) in [5.41, 5.74) is 2.30. The molecule has 1 N–H and O–H groups in total. The number of para-hydroxylation sites is 1. The van der Waals surface area contributed by atoms with E-state index in [1.165, 1.54) is 0 Å². The number of nitrogens with one attached hydrogen (secondary N) is 1. The van der Waals surface area contributed by atoms with Gasteiger partial charge >= 0.3 is 0 Å². The third kappa shape index (κ3) is 3.95. The van der Waals surface area contributed by atoms with E-state index in [9.17, 15) is 4.79 Å². The summed E-state index contributed by atoms with van der Waals surface area (Å²) in [5, 5.41) is 7.40. The molecule has 22 heavy (non-hydrogen) atoms. The summed E-state index contributed by atoms with van der Waals surface area (Å²) in [6.07, 6.45) is 0. The van der Waals surface area contributed by atoms with Crippen molar-refractivity contribution in [1.82, 2.24) is 20.0 Å². The quantitative estimate of drug-likeness (QED) is 0.853. The summed E-state index contributed by atoms with van der Waals surface area (Å²) < 4.78 is 1.70. The van der Waals surface area contributed by atoms with Crippen molar-refractivity contribution in [2.45, 2.75) is 20.8 Å². The molecule has 5 heteroatoms. The first-order valence-corrected chi connectivity index (χ1v) is 7.78. The first-order chi connectivity index (χ1) is 10.7. The van der Waals surface area contributed by atoms with Crippen LogP contribution in [-0.4, -0.2) is 46.8 Å². The van der Waals surface area contributed by atoms with Crippen molar-refractivity contribution in [2.24, 2.45) is 0 Å². The van der Waals surface area contributed by atoms with Crippen LogP contribution in [0.15, 0.2) is 36.4 Å². The number of nitrogens with zero attached hydrogens (tertiary/aromatic N) is 3. The molecule has 1 aromatic carbocycles. The Hall–Kier alpha value is -2.14. The minimum absolute atomic E-state index is 0.0865. The van der Waals surface area contributed by atoms with Gasteiger partial charge in [-0.25, -0.2) is 4.68 Å². The number of benzene rings is 1. The summed E-state index contributed by atoms with van der Waals surface area (Å²) in [5.74, 6) is -0.0865. The smallest absolute Gasteiger partial charge is 0.270 e. The fourth-order valence-corrected chi connectivity index (χ4v) is 2.39. The summed E-state index contributed by atoms with van der Waals surface area (Å²) in [6.45, 7) is 9.63. The largest absolute Gasteiger partial charge is 0.349 e. The zero-order chi connectivity index (χ0) is 15.9. The molecule has 0 atom stereocenters. The summed E-state index contributed by atoms with van der Waals surface area (Å²) in [6, 6.07) is 11.5. The Morgan fingerprint density at radius 3 is 2.55 bits per heavy atom. The SMILES string of the molecule is CCN(CC)CCNC(=O)c1cc(C)nn1-c1ccccc1. The van der Waals surface area contributed by atoms with Gasteiger partial charge in [-0.1, -0.05) is 32.0 Å². The standard InChI is InChI=1S/C17H24N4O/c1-4-20(5-2)12-11-18-17(22)16-13-14(3)19-21(16)15-9-7-6-8-10-15/h6-10,13H,4-5,11-12H2,1-3H3,(H,18,22). The topological polar surface area (TPSA) is 50.2 Å². The lowest BCUT2D eigenvalue weighted by Gasteiger charge is -2.18. The highest BCUT2D eigenvalue weighted by molar-refractivity contribution is 5.93. The van der Waals surface area contributed by atoms with Crippen LogP contribution in [0, 0.1) is 6.92 Å². The van der Waals surface area contributed by atoms with Crippen molar-refractivity contribution in [1.29, 1.82) is 0 Å². The van der Waals surface area contributed by atoms with Crippen LogP contribution in [0.4, 0.5) is 0 Å². The van der Waals surface area contributed by atoms with Gasteiger partial charge in [-0.05, 0) is 38.2 Å². The van der Waals surface area contributed by atoms with Crippen molar-refractivity contribution < 1.29 is 4.79 Å². The monoisotopic (exact) mass is 300 g/mol. The van der Waals surface area contributed by atoms with Gasteiger partial charge in [0.15, 0.2) is 0 Å². The highest BCUT2D eigenvalue weighted by atomic mass is 16.2. The van der Waals surface area contributed by atoms with Crippen LogP contribution in [0.25, 0.3) is 5.69 Å². The van der Waals surface area contributed by atoms with Crippen molar-refractivity contribution >= 4 is 5.91 Å². The van der Waals surface area contributed by atoms with Gasteiger partial charge in [-0.15, -0.1) is 0 Å². The maximum Gasteiger partial charge on any atom is 0.270 e. The Bertz CT molecular complexity index is 602. The van der Waals surface area contributed by atoms with Crippen LogP contribution in [0.1, 0.15) is 30.0 Å². The van der Waals surface area contributed by atoms with Crippen LogP contribution in [0.2, 0.25) is 0 Å². The minimum atomic E-state index is -0.0865. The van der Waals surface area contributed by atoms with E-state index in [0.717, 1.165) is 31.0 Å². The number of likely N-dealkylation sites (N-methyl/N-ethyl adjacent to an activating group) is 1. The molecule has 2 aromatic rings. The second-order valence-corrected chi connectivity index (χ2v) is 5.20. The molecule has 118 valence electrons. The predicted molar refractivity (Wildman–Crippen MR) is 88.4 cm³/mol. The van der Waals surface area contributed by atoms with Crippen LogP contribution >= 0.6 is 0 Å². The van der Waals surface area contributed by atoms with E-state index in [2.05, 4.69) is 29.2 Å². The summed E-state index contributed by atoms with van der Waals surface area (Å²) >= 11 is 0. The number of hydrogen-bond donors (Lipinski definition) is 1. The minimum Gasteiger partial charge on any atom is -0.349 e. The Morgan fingerprint density at radius 1 is 1.23 bits per heavy atom. The highest BCUT2D eigenvalue weighted by Crippen LogP contribution is 2.12. The normalized spacial score (nSPS) is 10.9. The summed E-state index contributed by atoms with van der Waals surface area (Å²) in [7, 11) is 0. The number of carbonyl (C=O) groups excluding carboxylic acids is 1. The third-order valence-electron chi connectivity index (χ3n) is 3.67. The van der Waals surface area contributed by atoms with Gasteiger partial charge in [0.2, 0.25) is 0 Å². The molecular formula is C17H24N4O. The van der Waals surface area contributed by atoms with Crippen LogP contribution in [0.3, 0.4) is 0 Å². The van der Waals surface area contributed by atoms with Gasteiger partial charge in [0, 0.05) is 13.1 Å². The number of aryl methyl sites for hydroxylation is 1. The average Bonchev–Trinajstić information content (AvgIpc) is 2.94. The third-order valence-corrected chi connectivity index (χ3v) is 3.67. The molecule has 0 saturated carbocycles. The molecule has 1 heterocycles. The fraction of sp³-hybridized carbons (Fsp3) is 0.412. The maximum atomic E-state index is 12.4. The van der Waals surface area contributed by atoms with Gasteiger partial charge in [-0.3, -0.25) is 4.79 Å². The van der Waals surface area contributed by atoms with E-state index < -0.39 is 0 Å². The molecule has 0 aliphatic rings. The van der Waals surface area contributed by atoms with Gasteiger partial charge in [0.25, 0.3) is 5.91 Å². The zero-order valence-electron chi connectivity index (χ0n) is 13.5. The van der Waals surface area contributed by atoms with E-state index in [0.29, 0.717) is 12.2 Å². The predicted octanol–water partition coefficient (Wildman–Crippen LogP) is 2.25. The second-order valence-electron chi connectivity index (χ2n) is 5.20. The van der Waals surface area contributed by atoms with Crippen molar-refractivity contribution in [3.63, 3.8) is 0 Å².